The summed E-state index contributed by atoms with van der Waals surface area (Å²) in [6.07, 6.45) is 2.40. The van der Waals surface area contributed by atoms with Gasteiger partial charge in [-0.3, -0.25) is 9.69 Å². The van der Waals surface area contributed by atoms with E-state index in [0.29, 0.717) is 44.6 Å². The zero-order chi connectivity index (χ0) is 24.4. The quantitative estimate of drug-likeness (QED) is 0.558. The summed E-state index contributed by atoms with van der Waals surface area (Å²) in [5, 5.41) is 20.5. The third-order valence-electron chi connectivity index (χ3n) is 6.91. The molecule has 0 bridgehead atoms. The first-order valence-corrected chi connectivity index (χ1v) is 11.7. The van der Waals surface area contributed by atoms with Crippen LogP contribution in [0.5, 0.6) is 0 Å². The molecule has 0 aliphatic carbocycles. The summed E-state index contributed by atoms with van der Waals surface area (Å²) in [5.74, 6) is -0.371. The molecule has 1 amide bonds. The topological polar surface area (TPSA) is 100 Å². The van der Waals surface area contributed by atoms with Crippen molar-refractivity contribution in [2.45, 2.75) is 31.9 Å². The molecular weight excluding hydrogens is 449 g/mol. The van der Waals surface area contributed by atoms with Crippen molar-refractivity contribution in [2.75, 3.05) is 32.8 Å². The molecule has 2 aromatic carbocycles. The fourth-order valence-electron chi connectivity index (χ4n) is 4.92. The Kier molecular flexibility index (Phi) is 6.53. The molecule has 3 heterocycles. The van der Waals surface area contributed by atoms with E-state index in [-0.39, 0.29) is 23.6 Å². The van der Waals surface area contributed by atoms with Gasteiger partial charge in [-0.1, -0.05) is 18.2 Å². The molecule has 5 rings (SSSR count). The van der Waals surface area contributed by atoms with Crippen LogP contribution in [-0.4, -0.2) is 74.7 Å². The average molecular weight is 476 g/mol. The van der Waals surface area contributed by atoms with Crippen LogP contribution in [0.4, 0.5) is 4.39 Å². The van der Waals surface area contributed by atoms with Gasteiger partial charge in [-0.15, -0.1) is 5.10 Å². The largest absolute Gasteiger partial charge is 0.370 e. The van der Waals surface area contributed by atoms with Gasteiger partial charge in [-0.05, 0) is 58.7 Å². The van der Waals surface area contributed by atoms with Gasteiger partial charge < -0.3 is 9.64 Å². The number of carbonyl (C=O) groups excluding carboxylic acids is 1. The number of rotatable bonds is 5. The first kappa shape index (κ1) is 23.1. The first-order valence-electron chi connectivity index (χ1n) is 11.7. The van der Waals surface area contributed by atoms with Crippen LogP contribution in [0.3, 0.4) is 0 Å². The molecule has 2 aliphatic heterocycles. The van der Waals surface area contributed by atoms with E-state index in [1.807, 2.05) is 35.2 Å². The number of amides is 1. The zero-order valence-electron chi connectivity index (χ0n) is 19.5. The lowest BCUT2D eigenvalue weighted by Gasteiger charge is -2.46. The van der Waals surface area contributed by atoms with Crippen molar-refractivity contribution in [2.24, 2.45) is 0 Å². The highest BCUT2D eigenvalue weighted by atomic mass is 19.1. The van der Waals surface area contributed by atoms with E-state index in [0.717, 1.165) is 23.4 Å². The highest BCUT2D eigenvalue weighted by Crippen LogP contribution is 2.31. The molecule has 0 spiro atoms. The van der Waals surface area contributed by atoms with Crippen LogP contribution >= 0.6 is 0 Å². The number of tetrazole rings is 1. The first-order chi connectivity index (χ1) is 17.0. The van der Waals surface area contributed by atoms with E-state index in [1.165, 1.54) is 6.07 Å². The Bertz CT molecular complexity index is 1260. The van der Waals surface area contributed by atoms with Crippen molar-refractivity contribution < 1.29 is 13.9 Å². The molecule has 2 saturated heterocycles. The number of nitriles is 1. The van der Waals surface area contributed by atoms with Gasteiger partial charge in [-0.2, -0.15) is 5.26 Å². The van der Waals surface area contributed by atoms with E-state index in [9.17, 15) is 14.4 Å². The predicted octanol–water partition coefficient (Wildman–Crippen LogP) is 2.20. The molecule has 180 valence electrons. The van der Waals surface area contributed by atoms with Gasteiger partial charge in [0.25, 0.3) is 0 Å². The Morgan fingerprint density at radius 3 is 2.94 bits per heavy atom. The van der Waals surface area contributed by atoms with Gasteiger partial charge in [0.05, 0.1) is 30.0 Å². The maximum atomic E-state index is 13.9. The predicted molar refractivity (Wildman–Crippen MR) is 124 cm³/mol. The molecule has 10 heteroatoms. The number of morpholine rings is 1. The molecule has 0 radical (unpaired) electrons. The molecule has 0 saturated carbocycles. The fourth-order valence-corrected chi connectivity index (χ4v) is 4.92. The molecule has 0 N–H and O–H groups in total. The van der Waals surface area contributed by atoms with Gasteiger partial charge in [0.2, 0.25) is 5.91 Å². The van der Waals surface area contributed by atoms with E-state index in [1.54, 1.807) is 24.0 Å². The summed E-state index contributed by atoms with van der Waals surface area (Å²) >= 11 is 0. The fraction of sp³-hybridized carbons (Fsp3) is 0.400. The van der Waals surface area contributed by atoms with Crippen LogP contribution in [0.2, 0.25) is 0 Å². The number of aryl methyl sites for hydroxylation is 1. The highest BCUT2D eigenvalue weighted by molar-refractivity contribution is 5.76. The second-order valence-corrected chi connectivity index (χ2v) is 8.98. The molecule has 9 nitrogen and oxygen atoms in total. The molecule has 3 aromatic rings. The number of nitrogens with zero attached hydrogens (tertiary/aromatic N) is 7. The van der Waals surface area contributed by atoms with E-state index in [4.69, 9.17) is 4.74 Å². The van der Waals surface area contributed by atoms with Crippen molar-refractivity contribution >= 4 is 5.91 Å². The summed E-state index contributed by atoms with van der Waals surface area (Å²) in [4.78, 5) is 17.2. The minimum absolute atomic E-state index is 0.0760. The van der Waals surface area contributed by atoms with Crippen molar-refractivity contribution in [3.8, 4) is 11.8 Å². The molecule has 2 aliphatic rings. The maximum Gasteiger partial charge on any atom is 0.223 e. The number of carbonyl (C=O) groups is 1. The lowest BCUT2D eigenvalue weighted by Crippen LogP contribution is -2.59. The summed E-state index contributed by atoms with van der Waals surface area (Å²) in [5.41, 5.74) is 3.48. The molecule has 35 heavy (non-hydrogen) atoms. The number of hydrogen-bond donors (Lipinski definition) is 0. The summed E-state index contributed by atoms with van der Waals surface area (Å²) in [6, 6.07) is 13.0. The normalized spacial score (nSPS) is 20.3. The Morgan fingerprint density at radius 2 is 2.14 bits per heavy atom. The second kappa shape index (κ2) is 9.90. The monoisotopic (exact) mass is 475 g/mol. The molecule has 1 aromatic heterocycles. The van der Waals surface area contributed by atoms with Gasteiger partial charge >= 0.3 is 0 Å². The molecule has 2 atom stereocenters. The standard InChI is InChI=1S/C25H26FN7O2/c1-17-21(6-7-23(26)22(17)12-27)24-14-31-9-10-32(13-20(31)15-35-24)25(34)8-5-18-3-2-4-19(11-18)33-16-28-29-30-33/h2-4,6-7,11,16,20,24H,5,8-10,13-15H2,1H3/t20-,24-/m1/s1. The van der Waals surface area contributed by atoms with Gasteiger partial charge in [0, 0.05) is 32.6 Å². The maximum absolute atomic E-state index is 13.9. The minimum atomic E-state index is -0.503. The summed E-state index contributed by atoms with van der Waals surface area (Å²) in [7, 11) is 0. The lowest BCUT2D eigenvalue weighted by molar-refractivity contribution is -0.140. The number of piperazine rings is 1. The van der Waals surface area contributed by atoms with Crippen LogP contribution in [0, 0.1) is 24.1 Å². The zero-order valence-corrected chi connectivity index (χ0v) is 19.5. The minimum Gasteiger partial charge on any atom is -0.370 e. The number of aromatic nitrogens is 4. The summed E-state index contributed by atoms with van der Waals surface area (Å²) < 4.78 is 21.6. The Labute approximate surface area is 202 Å². The van der Waals surface area contributed by atoms with Crippen molar-refractivity contribution in [3.05, 3.63) is 70.8 Å². The Hall–Kier alpha value is -3.68. The van der Waals surface area contributed by atoms with Crippen LogP contribution in [0.25, 0.3) is 5.69 Å². The van der Waals surface area contributed by atoms with Crippen LogP contribution in [0.15, 0.2) is 42.7 Å². The van der Waals surface area contributed by atoms with Gasteiger partial charge in [0.15, 0.2) is 0 Å². The molecular formula is C25H26FN7O2. The lowest BCUT2D eigenvalue weighted by atomic mass is 9.96. The van der Waals surface area contributed by atoms with Crippen molar-refractivity contribution in [3.63, 3.8) is 0 Å². The molecule has 0 unspecified atom stereocenters. The van der Waals surface area contributed by atoms with Crippen molar-refractivity contribution in [1.29, 1.82) is 5.26 Å². The average Bonchev–Trinajstić information content (AvgIpc) is 3.42. The number of halogens is 1. The number of fused-ring (bicyclic) bond motifs is 1. The van der Waals surface area contributed by atoms with Crippen LogP contribution in [0.1, 0.15) is 34.8 Å². The van der Waals surface area contributed by atoms with E-state index < -0.39 is 5.82 Å². The third kappa shape index (κ3) is 4.78. The smallest absolute Gasteiger partial charge is 0.223 e. The number of ether oxygens (including phenoxy) is 1. The Balaban J connectivity index is 1.17. The highest BCUT2D eigenvalue weighted by Gasteiger charge is 2.36. The van der Waals surface area contributed by atoms with Crippen LogP contribution < -0.4 is 0 Å². The van der Waals surface area contributed by atoms with Gasteiger partial charge in [0.1, 0.15) is 18.2 Å². The van der Waals surface area contributed by atoms with E-state index in [2.05, 4.69) is 20.4 Å². The summed E-state index contributed by atoms with van der Waals surface area (Å²) in [6.45, 7) is 4.97. The van der Waals surface area contributed by atoms with Crippen molar-refractivity contribution in [1.82, 2.24) is 30.0 Å². The second-order valence-electron chi connectivity index (χ2n) is 8.98. The SMILES string of the molecule is Cc1c([C@H]2CN3CCN(C(=O)CCc4cccc(-n5cnnn5)c4)C[C@@H]3CO2)ccc(F)c1C#N. The number of hydrogen-bond acceptors (Lipinski definition) is 7. The third-order valence-corrected chi connectivity index (χ3v) is 6.91. The molecule has 2 fully saturated rings. The van der Waals surface area contributed by atoms with Gasteiger partial charge in [-0.25, -0.2) is 9.07 Å². The Morgan fingerprint density at radius 1 is 1.26 bits per heavy atom. The number of benzene rings is 2. The van der Waals surface area contributed by atoms with E-state index >= 15 is 0 Å². The van der Waals surface area contributed by atoms with Crippen LogP contribution in [-0.2, 0) is 16.0 Å².